The predicted octanol–water partition coefficient (Wildman–Crippen LogP) is 3.05. The fourth-order valence-corrected chi connectivity index (χ4v) is 1.80. The minimum atomic E-state index is -0.437. The third-order valence-electron chi connectivity index (χ3n) is 2.76. The van der Waals surface area contributed by atoms with Gasteiger partial charge in [0, 0.05) is 23.9 Å². The average molecular weight is 278 g/mol. The molecule has 0 amide bonds. The summed E-state index contributed by atoms with van der Waals surface area (Å²) >= 11 is 0. The Kier molecular flexibility index (Phi) is 5.01. The van der Waals surface area contributed by atoms with E-state index in [1.54, 1.807) is 12.1 Å². The van der Waals surface area contributed by atoms with Crippen molar-refractivity contribution in [2.24, 2.45) is 0 Å². The van der Waals surface area contributed by atoms with Crippen LogP contribution in [0.2, 0.25) is 0 Å². The van der Waals surface area contributed by atoms with Gasteiger partial charge in [-0.2, -0.15) is 0 Å². The van der Waals surface area contributed by atoms with Crippen molar-refractivity contribution in [2.45, 2.75) is 20.1 Å². The highest BCUT2D eigenvalue weighted by molar-refractivity contribution is 5.35. The number of nitrogens with zero attached hydrogens (tertiary/aromatic N) is 1. The number of rotatable bonds is 6. The zero-order valence-corrected chi connectivity index (χ0v) is 11.2. The number of ether oxygens (including phenoxy) is 1. The summed E-state index contributed by atoms with van der Waals surface area (Å²) in [5.74, 6) is -0.671. The van der Waals surface area contributed by atoms with Gasteiger partial charge in [-0.3, -0.25) is 4.98 Å². The molecule has 0 fully saturated rings. The van der Waals surface area contributed by atoms with E-state index >= 15 is 0 Å². The molecule has 0 bridgehead atoms. The molecule has 2 aromatic rings. The molecular weight excluding hydrogens is 262 g/mol. The van der Waals surface area contributed by atoms with E-state index in [1.165, 1.54) is 18.3 Å². The summed E-state index contributed by atoms with van der Waals surface area (Å²) < 4.78 is 32.3. The van der Waals surface area contributed by atoms with Crippen molar-refractivity contribution in [2.75, 3.05) is 6.54 Å². The van der Waals surface area contributed by atoms with Crippen molar-refractivity contribution in [1.82, 2.24) is 10.3 Å². The molecule has 5 heteroatoms. The topological polar surface area (TPSA) is 34.1 Å². The molecule has 1 aromatic heterocycles. The highest BCUT2D eigenvalue weighted by atomic mass is 19.1. The zero-order chi connectivity index (χ0) is 14.4. The molecule has 106 valence electrons. The largest absolute Gasteiger partial charge is 0.485 e. The van der Waals surface area contributed by atoms with Crippen molar-refractivity contribution in [3.8, 4) is 5.75 Å². The fraction of sp³-hybridized carbons (Fsp3) is 0.267. The van der Waals surface area contributed by atoms with Gasteiger partial charge in [-0.1, -0.05) is 19.1 Å². The molecule has 0 aliphatic rings. The van der Waals surface area contributed by atoms with Crippen LogP contribution in [0.4, 0.5) is 8.78 Å². The molecule has 0 saturated carbocycles. The molecule has 1 heterocycles. The molecule has 1 N–H and O–H groups in total. The third-order valence-corrected chi connectivity index (χ3v) is 2.76. The lowest BCUT2D eigenvalue weighted by atomic mass is 10.2. The van der Waals surface area contributed by atoms with E-state index in [0.29, 0.717) is 12.1 Å². The second kappa shape index (κ2) is 6.96. The van der Waals surface area contributed by atoms with Crippen LogP contribution in [0.5, 0.6) is 5.75 Å². The van der Waals surface area contributed by atoms with E-state index in [4.69, 9.17) is 4.74 Å². The number of pyridine rings is 1. The van der Waals surface area contributed by atoms with Crippen LogP contribution in [-0.4, -0.2) is 11.5 Å². The minimum Gasteiger partial charge on any atom is -0.485 e. The van der Waals surface area contributed by atoms with Gasteiger partial charge >= 0.3 is 0 Å². The van der Waals surface area contributed by atoms with E-state index in [1.807, 2.05) is 6.92 Å². The van der Waals surface area contributed by atoms with Gasteiger partial charge in [-0.15, -0.1) is 0 Å². The normalized spacial score (nSPS) is 10.6. The second-order valence-electron chi connectivity index (χ2n) is 4.31. The lowest BCUT2D eigenvalue weighted by Crippen LogP contribution is -2.13. The monoisotopic (exact) mass is 278 g/mol. The number of aromatic nitrogens is 1. The van der Waals surface area contributed by atoms with Crippen LogP contribution in [0.25, 0.3) is 0 Å². The van der Waals surface area contributed by atoms with Crippen LogP contribution in [-0.2, 0) is 13.2 Å². The first-order valence-electron chi connectivity index (χ1n) is 6.41. The Labute approximate surface area is 116 Å². The van der Waals surface area contributed by atoms with Crippen LogP contribution < -0.4 is 10.1 Å². The lowest BCUT2D eigenvalue weighted by Gasteiger charge is -2.12. The number of para-hydroxylation sites is 1. The van der Waals surface area contributed by atoms with Crippen LogP contribution >= 0.6 is 0 Å². The Hall–Kier alpha value is -2.01. The molecule has 0 aliphatic carbocycles. The standard InChI is InChI=1S/C15H16F2N2O/c1-2-18-8-12-4-3-5-14(17)15(12)20-10-11-6-13(16)9-19-7-11/h3-7,9,18H,2,8,10H2,1H3. The number of nitrogens with one attached hydrogen (secondary N) is 1. The van der Waals surface area contributed by atoms with E-state index in [2.05, 4.69) is 10.3 Å². The molecule has 0 radical (unpaired) electrons. The van der Waals surface area contributed by atoms with Gasteiger partial charge < -0.3 is 10.1 Å². The van der Waals surface area contributed by atoms with Crippen LogP contribution in [0.3, 0.4) is 0 Å². The van der Waals surface area contributed by atoms with E-state index in [0.717, 1.165) is 18.3 Å². The van der Waals surface area contributed by atoms with Crippen molar-refractivity contribution in [3.05, 3.63) is 59.4 Å². The summed E-state index contributed by atoms with van der Waals surface area (Å²) in [7, 11) is 0. The van der Waals surface area contributed by atoms with Crippen molar-refractivity contribution < 1.29 is 13.5 Å². The molecule has 0 unspecified atom stereocenters. The molecule has 2 rings (SSSR count). The summed E-state index contributed by atoms with van der Waals surface area (Å²) in [4.78, 5) is 3.73. The first-order chi connectivity index (χ1) is 9.70. The summed E-state index contributed by atoms with van der Waals surface area (Å²) in [6.07, 6.45) is 2.61. The maximum absolute atomic E-state index is 13.8. The number of halogens is 2. The molecule has 1 aromatic carbocycles. The summed E-state index contributed by atoms with van der Waals surface area (Å²) in [5, 5.41) is 3.12. The van der Waals surface area contributed by atoms with E-state index in [9.17, 15) is 8.78 Å². The second-order valence-corrected chi connectivity index (χ2v) is 4.31. The predicted molar refractivity (Wildman–Crippen MR) is 72.3 cm³/mol. The maximum Gasteiger partial charge on any atom is 0.165 e. The third kappa shape index (κ3) is 3.74. The quantitative estimate of drug-likeness (QED) is 0.882. The van der Waals surface area contributed by atoms with E-state index < -0.39 is 11.6 Å². The Morgan fingerprint density at radius 2 is 2.10 bits per heavy atom. The van der Waals surface area contributed by atoms with Crippen LogP contribution in [0.1, 0.15) is 18.1 Å². The van der Waals surface area contributed by atoms with Gasteiger partial charge in [0.2, 0.25) is 0 Å². The van der Waals surface area contributed by atoms with Gasteiger partial charge in [0.15, 0.2) is 11.6 Å². The first kappa shape index (κ1) is 14.4. The molecule has 20 heavy (non-hydrogen) atoms. The Morgan fingerprint density at radius 1 is 1.25 bits per heavy atom. The smallest absolute Gasteiger partial charge is 0.165 e. The summed E-state index contributed by atoms with van der Waals surface area (Å²) in [5.41, 5.74) is 1.29. The molecule has 0 saturated heterocycles. The Balaban J connectivity index is 2.11. The van der Waals surface area contributed by atoms with Crippen LogP contribution in [0.15, 0.2) is 36.7 Å². The number of hydrogen-bond donors (Lipinski definition) is 1. The Morgan fingerprint density at radius 3 is 2.85 bits per heavy atom. The molecule has 0 spiro atoms. The summed E-state index contributed by atoms with van der Waals surface area (Å²) in [6.45, 7) is 3.35. The maximum atomic E-state index is 13.8. The van der Waals surface area contributed by atoms with Crippen LogP contribution in [0, 0.1) is 11.6 Å². The van der Waals surface area contributed by atoms with Crippen molar-refractivity contribution in [3.63, 3.8) is 0 Å². The highest BCUT2D eigenvalue weighted by Gasteiger charge is 2.10. The molecule has 0 atom stereocenters. The zero-order valence-electron chi connectivity index (χ0n) is 11.2. The average Bonchev–Trinajstić information content (AvgIpc) is 2.44. The first-order valence-corrected chi connectivity index (χ1v) is 6.41. The summed E-state index contributed by atoms with van der Waals surface area (Å²) in [6, 6.07) is 6.09. The van der Waals surface area contributed by atoms with Gasteiger partial charge in [-0.05, 0) is 18.7 Å². The minimum absolute atomic E-state index is 0.0742. The molecule has 3 nitrogen and oxygen atoms in total. The fourth-order valence-electron chi connectivity index (χ4n) is 1.80. The van der Waals surface area contributed by atoms with Crippen molar-refractivity contribution >= 4 is 0 Å². The van der Waals surface area contributed by atoms with Crippen molar-refractivity contribution in [1.29, 1.82) is 0 Å². The van der Waals surface area contributed by atoms with Gasteiger partial charge in [-0.25, -0.2) is 8.78 Å². The number of hydrogen-bond acceptors (Lipinski definition) is 3. The lowest BCUT2D eigenvalue weighted by molar-refractivity contribution is 0.285. The van der Waals surface area contributed by atoms with Gasteiger partial charge in [0.05, 0.1) is 6.20 Å². The van der Waals surface area contributed by atoms with E-state index in [-0.39, 0.29) is 12.4 Å². The SMILES string of the molecule is CCNCc1cccc(F)c1OCc1cncc(F)c1. The Bertz CT molecular complexity index is 576. The number of benzene rings is 1. The van der Waals surface area contributed by atoms with Gasteiger partial charge in [0.25, 0.3) is 0 Å². The highest BCUT2D eigenvalue weighted by Crippen LogP contribution is 2.23. The molecule has 0 aliphatic heterocycles. The molecular formula is C15H16F2N2O. The van der Waals surface area contributed by atoms with Gasteiger partial charge in [0.1, 0.15) is 12.4 Å².